The molecule has 9 heteroatoms. The summed E-state index contributed by atoms with van der Waals surface area (Å²) < 4.78 is 26.1. The summed E-state index contributed by atoms with van der Waals surface area (Å²) in [6, 6.07) is 1.61. The molecule has 0 unspecified atom stereocenters. The number of thiophene rings is 1. The quantitative estimate of drug-likeness (QED) is 0.548. The summed E-state index contributed by atoms with van der Waals surface area (Å²) in [5.41, 5.74) is 4.94. The van der Waals surface area contributed by atoms with E-state index in [0.717, 1.165) is 11.3 Å². The third kappa shape index (κ3) is 2.69. The van der Waals surface area contributed by atoms with Crippen LogP contribution in [-0.4, -0.2) is 14.4 Å². The maximum absolute atomic E-state index is 11.5. The van der Waals surface area contributed by atoms with Crippen molar-refractivity contribution < 1.29 is 8.42 Å². The molecule has 1 aromatic rings. The van der Waals surface area contributed by atoms with Crippen LogP contribution in [0, 0.1) is 5.41 Å². The zero-order valence-corrected chi connectivity index (χ0v) is 11.3. The summed E-state index contributed by atoms with van der Waals surface area (Å²) in [4.78, 5) is 0. The number of hydrogen-bond acceptors (Lipinski definition) is 4. The SMILES string of the molecule is N=C(N)NS(=O)(=O)c1sc(Br)cc1Br. The Balaban J connectivity index is 3.16. The van der Waals surface area contributed by atoms with Gasteiger partial charge in [-0.25, -0.2) is 13.1 Å². The molecule has 0 aliphatic heterocycles. The second kappa shape index (κ2) is 4.17. The molecule has 4 N–H and O–H groups in total. The van der Waals surface area contributed by atoms with Crippen molar-refractivity contribution in [3.8, 4) is 0 Å². The molecule has 0 atom stereocenters. The minimum absolute atomic E-state index is 0.0829. The number of guanidine groups is 1. The molecule has 1 heterocycles. The van der Waals surface area contributed by atoms with Crippen LogP contribution in [0.4, 0.5) is 0 Å². The molecule has 5 nitrogen and oxygen atoms in total. The molecule has 0 aliphatic rings. The smallest absolute Gasteiger partial charge is 0.274 e. The second-order valence-corrected chi connectivity index (χ2v) is 7.37. The molecule has 0 fully saturated rings. The van der Waals surface area contributed by atoms with Gasteiger partial charge in [-0.05, 0) is 37.9 Å². The third-order valence-electron chi connectivity index (χ3n) is 1.11. The van der Waals surface area contributed by atoms with E-state index in [1.807, 2.05) is 4.72 Å². The van der Waals surface area contributed by atoms with Gasteiger partial charge in [0.05, 0.1) is 8.26 Å². The molecule has 0 bridgehead atoms. The highest BCUT2D eigenvalue weighted by molar-refractivity contribution is 9.11. The Kier molecular flexibility index (Phi) is 3.56. The van der Waals surface area contributed by atoms with Crippen LogP contribution in [-0.2, 0) is 10.0 Å². The lowest BCUT2D eigenvalue weighted by Gasteiger charge is -2.03. The fourth-order valence-electron chi connectivity index (χ4n) is 0.700. The molecule has 0 radical (unpaired) electrons. The highest BCUT2D eigenvalue weighted by Gasteiger charge is 2.21. The van der Waals surface area contributed by atoms with Crippen LogP contribution in [0.5, 0.6) is 0 Å². The van der Waals surface area contributed by atoms with Gasteiger partial charge in [0.25, 0.3) is 10.0 Å². The van der Waals surface area contributed by atoms with Crippen LogP contribution in [0.1, 0.15) is 0 Å². The average Bonchev–Trinajstić information content (AvgIpc) is 2.27. The molecular formula is C5H5Br2N3O2S2. The van der Waals surface area contributed by atoms with E-state index >= 15 is 0 Å². The molecule has 78 valence electrons. The van der Waals surface area contributed by atoms with Gasteiger partial charge in [0, 0.05) is 0 Å². The average molecular weight is 363 g/mol. The first-order chi connectivity index (χ1) is 6.33. The molecule has 1 rings (SSSR count). The monoisotopic (exact) mass is 361 g/mol. The van der Waals surface area contributed by atoms with Crippen molar-refractivity contribution >= 4 is 59.2 Å². The van der Waals surface area contributed by atoms with Crippen LogP contribution in [0.3, 0.4) is 0 Å². The molecule has 0 amide bonds. The van der Waals surface area contributed by atoms with Crippen molar-refractivity contribution in [3.05, 3.63) is 14.3 Å². The van der Waals surface area contributed by atoms with Crippen LogP contribution in [0.2, 0.25) is 0 Å². The van der Waals surface area contributed by atoms with Crippen molar-refractivity contribution in [2.75, 3.05) is 0 Å². The van der Waals surface area contributed by atoms with Crippen molar-refractivity contribution in [1.29, 1.82) is 5.41 Å². The molecule has 0 aliphatic carbocycles. The van der Waals surface area contributed by atoms with Crippen molar-refractivity contribution in [2.24, 2.45) is 5.73 Å². The molecule has 0 spiro atoms. The van der Waals surface area contributed by atoms with Gasteiger partial charge < -0.3 is 5.73 Å². The lowest BCUT2D eigenvalue weighted by Crippen LogP contribution is -2.35. The second-order valence-electron chi connectivity index (χ2n) is 2.21. The van der Waals surface area contributed by atoms with Crippen LogP contribution < -0.4 is 10.5 Å². The van der Waals surface area contributed by atoms with E-state index in [-0.39, 0.29) is 4.21 Å². The van der Waals surface area contributed by atoms with Crippen LogP contribution in [0.15, 0.2) is 18.5 Å². The summed E-state index contributed by atoms with van der Waals surface area (Å²) in [7, 11) is -3.73. The Morgan fingerprint density at radius 3 is 2.50 bits per heavy atom. The Morgan fingerprint density at radius 2 is 2.14 bits per heavy atom. The summed E-state index contributed by atoms with van der Waals surface area (Å²) >= 11 is 7.28. The van der Waals surface area contributed by atoms with Gasteiger partial charge in [0.2, 0.25) is 0 Å². The number of sulfonamides is 1. The van der Waals surface area contributed by atoms with Crippen molar-refractivity contribution in [1.82, 2.24) is 4.72 Å². The number of rotatable bonds is 2. The minimum atomic E-state index is -3.73. The largest absolute Gasteiger partial charge is 0.369 e. The number of hydrogen-bond donors (Lipinski definition) is 3. The fourth-order valence-corrected chi connectivity index (χ4v) is 5.35. The Labute approximate surface area is 102 Å². The summed E-state index contributed by atoms with van der Waals surface area (Å²) in [5, 5.41) is 6.84. The normalized spacial score (nSPS) is 11.3. The third-order valence-corrected chi connectivity index (χ3v) is 5.80. The van der Waals surface area contributed by atoms with Gasteiger partial charge in [-0.2, -0.15) is 0 Å². The highest BCUT2D eigenvalue weighted by atomic mass is 79.9. The lowest BCUT2D eigenvalue weighted by atomic mass is 10.7. The number of halogens is 2. The Bertz CT molecular complexity index is 467. The summed E-state index contributed by atoms with van der Waals surface area (Å²) in [6.07, 6.45) is 0. The topological polar surface area (TPSA) is 96.0 Å². The molecule has 1 aromatic heterocycles. The van der Waals surface area contributed by atoms with Crippen LogP contribution >= 0.6 is 43.2 Å². The lowest BCUT2D eigenvalue weighted by molar-refractivity contribution is 0.594. The van der Waals surface area contributed by atoms with E-state index in [0.29, 0.717) is 8.26 Å². The van der Waals surface area contributed by atoms with Crippen molar-refractivity contribution in [2.45, 2.75) is 4.21 Å². The van der Waals surface area contributed by atoms with E-state index in [1.165, 1.54) is 0 Å². The van der Waals surface area contributed by atoms with Gasteiger partial charge in [-0.3, -0.25) is 5.41 Å². The predicted molar refractivity (Wildman–Crippen MR) is 62.0 cm³/mol. The fraction of sp³-hybridized carbons (Fsp3) is 0. The highest BCUT2D eigenvalue weighted by Crippen LogP contribution is 2.34. The zero-order valence-electron chi connectivity index (χ0n) is 6.54. The number of nitrogens with one attached hydrogen (secondary N) is 2. The Morgan fingerprint density at radius 1 is 1.57 bits per heavy atom. The van der Waals surface area contributed by atoms with Gasteiger partial charge in [-0.15, -0.1) is 11.3 Å². The first-order valence-electron chi connectivity index (χ1n) is 3.14. The minimum Gasteiger partial charge on any atom is -0.369 e. The molecular weight excluding hydrogens is 358 g/mol. The van der Waals surface area contributed by atoms with Gasteiger partial charge in [-0.1, -0.05) is 0 Å². The maximum Gasteiger partial charge on any atom is 0.274 e. The van der Waals surface area contributed by atoms with Gasteiger partial charge >= 0.3 is 0 Å². The van der Waals surface area contributed by atoms with Crippen molar-refractivity contribution in [3.63, 3.8) is 0 Å². The van der Waals surface area contributed by atoms with Gasteiger partial charge in [0.15, 0.2) is 10.2 Å². The molecule has 14 heavy (non-hydrogen) atoms. The Hall–Kier alpha value is -0.120. The molecule has 0 saturated heterocycles. The standard InChI is InChI=1S/C5H5Br2N3O2S2/c6-2-1-3(7)13-4(2)14(11,12)10-5(8)9/h1H,(H4,8,9,10). The van der Waals surface area contributed by atoms with Gasteiger partial charge in [0.1, 0.15) is 0 Å². The first-order valence-corrected chi connectivity index (χ1v) is 7.03. The van der Waals surface area contributed by atoms with Crippen LogP contribution in [0.25, 0.3) is 0 Å². The molecule has 0 aromatic carbocycles. The first kappa shape index (κ1) is 12.0. The molecule has 0 saturated carbocycles. The summed E-state index contributed by atoms with van der Waals surface area (Å²) in [6.45, 7) is 0. The van der Waals surface area contributed by atoms with E-state index in [4.69, 9.17) is 11.1 Å². The van der Waals surface area contributed by atoms with E-state index in [1.54, 1.807) is 6.07 Å². The zero-order chi connectivity index (χ0) is 10.9. The maximum atomic E-state index is 11.5. The summed E-state index contributed by atoms with van der Waals surface area (Å²) in [5.74, 6) is -0.610. The predicted octanol–water partition coefficient (Wildman–Crippen LogP) is 1.44. The van der Waals surface area contributed by atoms with E-state index in [9.17, 15) is 8.42 Å². The van der Waals surface area contributed by atoms with E-state index < -0.39 is 16.0 Å². The number of nitrogens with two attached hydrogens (primary N) is 1. The van der Waals surface area contributed by atoms with E-state index in [2.05, 4.69) is 31.9 Å².